The second-order valence-corrected chi connectivity index (χ2v) is 9.20. The van der Waals surface area contributed by atoms with Crippen molar-refractivity contribution in [3.05, 3.63) is 156 Å². The van der Waals surface area contributed by atoms with Crippen molar-refractivity contribution in [1.29, 1.82) is 0 Å². The third-order valence-electron chi connectivity index (χ3n) is 7.21. The summed E-state index contributed by atoms with van der Waals surface area (Å²) in [6.07, 6.45) is 0. The van der Waals surface area contributed by atoms with Crippen molar-refractivity contribution in [1.82, 2.24) is 20.4 Å². The van der Waals surface area contributed by atoms with Gasteiger partial charge in [0.25, 0.3) is 0 Å². The molecule has 0 amide bonds. The quantitative estimate of drug-likeness (QED) is 0.277. The molecular formula is C33H22N4. The summed E-state index contributed by atoms with van der Waals surface area (Å²) in [6.45, 7) is 0. The van der Waals surface area contributed by atoms with Crippen molar-refractivity contribution in [2.24, 2.45) is 0 Å². The van der Waals surface area contributed by atoms with Crippen molar-refractivity contribution in [2.45, 2.75) is 5.41 Å². The molecule has 4 nitrogen and oxygen atoms in total. The van der Waals surface area contributed by atoms with Gasteiger partial charge in [0.1, 0.15) is 5.41 Å². The Bertz CT molecular complexity index is 1680. The smallest absolute Gasteiger partial charge is 0.185 e. The monoisotopic (exact) mass is 474 g/mol. The van der Waals surface area contributed by atoms with Crippen LogP contribution in [0.25, 0.3) is 33.6 Å². The Kier molecular flexibility index (Phi) is 4.96. The molecule has 0 spiro atoms. The highest BCUT2D eigenvalue weighted by Crippen LogP contribution is 2.54. The van der Waals surface area contributed by atoms with E-state index in [-0.39, 0.29) is 0 Å². The molecule has 0 saturated heterocycles. The Morgan fingerprint density at radius 2 is 1.03 bits per heavy atom. The van der Waals surface area contributed by atoms with Crippen molar-refractivity contribution in [3.63, 3.8) is 0 Å². The molecule has 1 aromatic heterocycles. The third-order valence-corrected chi connectivity index (χ3v) is 7.21. The van der Waals surface area contributed by atoms with Crippen LogP contribution in [-0.4, -0.2) is 20.4 Å². The van der Waals surface area contributed by atoms with Gasteiger partial charge in [0.15, 0.2) is 11.6 Å². The van der Waals surface area contributed by atoms with Crippen LogP contribution in [-0.2, 0) is 5.41 Å². The zero-order valence-electron chi connectivity index (χ0n) is 20.0. The van der Waals surface area contributed by atoms with Crippen LogP contribution in [0.5, 0.6) is 0 Å². The van der Waals surface area contributed by atoms with Crippen LogP contribution in [0, 0.1) is 0 Å². The molecule has 0 radical (unpaired) electrons. The zero-order chi connectivity index (χ0) is 24.7. The van der Waals surface area contributed by atoms with Gasteiger partial charge in [-0.2, -0.15) is 0 Å². The van der Waals surface area contributed by atoms with Gasteiger partial charge in [-0.15, -0.1) is 10.2 Å². The Morgan fingerprint density at radius 1 is 0.459 bits per heavy atom. The maximum absolute atomic E-state index is 5.12. The summed E-state index contributed by atoms with van der Waals surface area (Å²) in [4.78, 5) is 5.12. The van der Waals surface area contributed by atoms with Gasteiger partial charge in [-0.25, -0.2) is 4.98 Å². The Morgan fingerprint density at radius 3 is 1.73 bits per heavy atom. The molecule has 6 aromatic rings. The zero-order valence-corrected chi connectivity index (χ0v) is 20.0. The molecule has 0 atom stereocenters. The fraction of sp³-hybridized carbons (Fsp3) is 0.0303. The summed E-state index contributed by atoms with van der Waals surface area (Å²) in [5.74, 6) is 1.17. The SMILES string of the molecule is c1ccc(-c2cccc(-c3nnnc(C4(c5ccccc5)c5ccccc5-c5ccccc54)n3)c2)cc1. The number of aromatic nitrogens is 4. The van der Waals surface area contributed by atoms with Crippen molar-refractivity contribution in [2.75, 3.05) is 0 Å². The fourth-order valence-electron chi connectivity index (χ4n) is 5.61. The van der Waals surface area contributed by atoms with E-state index in [0.29, 0.717) is 11.6 Å². The highest BCUT2D eigenvalue weighted by Gasteiger charge is 2.48. The average Bonchev–Trinajstić information content (AvgIpc) is 3.30. The molecule has 0 bridgehead atoms. The Hall–Kier alpha value is -4.96. The van der Waals surface area contributed by atoms with Crippen LogP contribution in [0.15, 0.2) is 133 Å². The predicted molar refractivity (Wildman–Crippen MR) is 146 cm³/mol. The van der Waals surface area contributed by atoms with Gasteiger partial charge in [0.2, 0.25) is 0 Å². The topological polar surface area (TPSA) is 51.6 Å². The molecule has 0 fully saturated rings. The van der Waals surface area contributed by atoms with Gasteiger partial charge in [0.05, 0.1) is 0 Å². The highest BCUT2D eigenvalue weighted by atomic mass is 15.3. The first-order valence-corrected chi connectivity index (χ1v) is 12.3. The number of hydrogen-bond donors (Lipinski definition) is 0. The second-order valence-electron chi connectivity index (χ2n) is 9.20. The molecule has 1 aliphatic rings. The summed E-state index contributed by atoms with van der Waals surface area (Å²) < 4.78 is 0. The molecule has 0 unspecified atom stereocenters. The number of fused-ring (bicyclic) bond motifs is 3. The fourth-order valence-corrected chi connectivity index (χ4v) is 5.61. The van der Waals surface area contributed by atoms with E-state index in [9.17, 15) is 0 Å². The standard InChI is InChI=1S/C33H22N4/c1-3-12-23(13-4-1)24-14-11-15-25(22-24)31-34-32(36-37-35-31)33(26-16-5-2-6-17-26)29-20-9-7-18-27(29)28-19-8-10-21-30(28)33/h1-22H. The highest BCUT2D eigenvalue weighted by molar-refractivity contribution is 5.85. The lowest BCUT2D eigenvalue weighted by molar-refractivity contribution is 0.645. The van der Waals surface area contributed by atoms with Crippen LogP contribution in [0.1, 0.15) is 22.5 Å². The lowest BCUT2D eigenvalue weighted by atomic mass is 9.71. The van der Waals surface area contributed by atoms with Crippen molar-refractivity contribution >= 4 is 0 Å². The number of hydrogen-bond acceptors (Lipinski definition) is 4. The van der Waals surface area contributed by atoms with Crippen LogP contribution in [0.4, 0.5) is 0 Å². The summed E-state index contributed by atoms with van der Waals surface area (Å²) in [5.41, 5.74) is 8.24. The molecule has 0 aliphatic heterocycles. The first-order valence-electron chi connectivity index (χ1n) is 12.3. The average molecular weight is 475 g/mol. The van der Waals surface area contributed by atoms with Gasteiger partial charge in [-0.1, -0.05) is 127 Å². The second kappa shape index (κ2) is 8.61. The molecule has 4 heteroatoms. The van der Waals surface area contributed by atoms with Gasteiger partial charge in [0, 0.05) is 5.56 Å². The summed E-state index contributed by atoms with van der Waals surface area (Å²) in [5, 5.41) is 13.2. The van der Waals surface area contributed by atoms with Crippen LogP contribution < -0.4 is 0 Å². The molecule has 1 heterocycles. The maximum Gasteiger partial charge on any atom is 0.185 e. The van der Waals surface area contributed by atoms with Crippen LogP contribution in [0.2, 0.25) is 0 Å². The number of nitrogens with zero attached hydrogens (tertiary/aromatic N) is 4. The largest absolute Gasteiger partial charge is 0.207 e. The predicted octanol–water partition coefficient (Wildman–Crippen LogP) is 6.96. The molecule has 0 N–H and O–H groups in total. The molecule has 5 aromatic carbocycles. The van der Waals surface area contributed by atoms with Gasteiger partial charge in [-0.3, -0.25) is 0 Å². The van der Waals surface area contributed by atoms with Gasteiger partial charge < -0.3 is 0 Å². The lowest BCUT2D eigenvalue weighted by Gasteiger charge is -2.30. The van der Waals surface area contributed by atoms with Gasteiger partial charge >= 0.3 is 0 Å². The first kappa shape index (κ1) is 21.3. The Labute approximate surface area is 215 Å². The first-order chi connectivity index (χ1) is 18.4. The van der Waals surface area contributed by atoms with E-state index in [4.69, 9.17) is 4.98 Å². The molecule has 7 rings (SSSR count). The van der Waals surface area contributed by atoms with Crippen molar-refractivity contribution < 1.29 is 0 Å². The van der Waals surface area contributed by atoms with Gasteiger partial charge in [-0.05, 0) is 50.2 Å². The molecule has 1 aliphatic carbocycles. The van der Waals surface area contributed by atoms with E-state index in [0.717, 1.165) is 33.4 Å². The summed E-state index contributed by atoms with van der Waals surface area (Å²) in [7, 11) is 0. The maximum atomic E-state index is 5.12. The van der Waals surface area contributed by atoms with Crippen LogP contribution >= 0.6 is 0 Å². The minimum absolute atomic E-state index is 0.556. The van der Waals surface area contributed by atoms with Crippen LogP contribution in [0.3, 0.4) is 0 Å². The molecule has 37 heavy (non-hydrogen) atoms. The number of benzene rings is 5. The minimum atomic E-state index is -0.698. The Balaban J connectivity index is 1.48. The van der Waals surface area contributed by atoms with E-state index >= 15 is 0 Å². The van der Waals surface area contributed by atoms with E-state index in [1.807, 2.05) is 36.4 Å². The van der Waals surface area contributed by atoms with E-state index in [2.05, 4.69) is 112 Å². The lowest BCUT2D eigenvalue weighted by Crippen LogP contribution is -2.32. The normalized spacial score (nSPS) is 13.1. The summed E-state index contributed by atoms with van der Waals surface area (Å²) in [6, 6.07) is 46.1. The van der Waals surface area contributed by atoms with E-state index in [1.54, 1.807) is 0 Å². The molecule has 174 valence electrons. The minimum Gasteiger partial charge on any atom is -0.207 e. The third kappa shape index (κ3) is 3.30. The molecule has 0 saturated carbocycles. The van der Waals surface area contributed by atoms with E-state index < -0.39 is 5.41 Å². The number of rotatable bonds is 4. The van der Waals surface area contributed by atoms with Crippen molar-refractivity contribution in [3.8, 4) is 33.6 Å². The summed E-state index contributed by atoms with van der Waals surface area (Å²) >= 11 is 0. The van der Waals surface area contributed by atoms with E-state index in [1.165, 1.54) is 11.1 Å². The molecular weight excluding hydrogens is 452 g/mol.